The van der Waals surface area contributed by atoms with Gasteiger partial charge >= 0.3 is 27.7 Å². The summed E-state index contributed by atoms with van der Waals surface area (Å²) in [7, 11) is 4.49. The Morgan fingerprint density at radius 2 is 1.29 bits per heavy atom. The Kier molecular flexibility index (Phi) is 6.83. The molecule has 1 aliphatic carbocycles. The summed E-state index contributed by atoms with van der Waals surface area (Å²) in [6.45, 7) is 0. The Bertz CT molecular complexity index is 66.1. The van der Waals surface area contributed by atoms with Gasteiger partial charge in [0.25, 0.3) is 0 Å². The van der Waals surface area contributed by atoms with Crippen LogP contribution in [0.2, 0.25) is 0 Å². The van der Waals surface area contributed by atoms with Crippen LogP contribution in [0.25, 0.3) is 0 Å². The quantitative estimate of drug-likeness (QED) is 0.533. The molecule has 0 heterocycles. The number of halogens is 1. The monoisotopic (exact) mass is 206 g/mol. The van der Waals surface area contributed by atoms with Crippen LogP contribution in [0.3, 0.4) is 0 Å². The summed E-state index contributed by atoms with van der Waals surface area (Å²) in [5.41, 5.74) is 0. The van der Waals surface area contributed by atoms with Crippen molar-refractivity contribution in [3.8, 4) is 0 Å². The molecule has 0 aromatic rings. The second-order valence-electron chi connectivity index (χ2n) is 0.962. The van der Waals surface area contributed by atoms with E-state index >= 15 is 0 Å². The first-order chi connectivity index (χ1) is 3.50. The third kappa shape index (κ3) is 4.28. The molecule has 2 heteroatoms. The predicted octanol–water partition coefficient (Wildman–Crippen LogP) is 2.00. The zero-order valence-corrected chi connectivity index (χ0v) is 5.89. The van der Waals surface area contributed by atoms with Crippen molar-refractivity contribution in [2.45, 2.75) is 0 Å². The van der Waals surface area contributed by atoms with Crippen molar-refractivity contribution in [1.29, 1.82) is 0 Å². The minimum absolute atomic E-state index is 2.00. The standard InChI is InChI=1S/C5H5.ClH.Pd/c1-2-4-5-3-1;;/h1-5H;1H;/q;;+1/p-1. The van der Waals surface area contributed by atoms with E-state index in [0.29, 0.717) is 0 Å². The van der Waals surface area contributed by atoms with Crippen molar-refractivity contribution < 1.29 is 18.2 Å². The molecule has 1 rings (SSSR count). The summed E-state index contributed by atoms with van der Waals surface area (Å²) in [5, 5.41) is 0. The van der Waals surface area contributed by atoms with Crippen LogP contribution in [-0.4, -0.2) is 0 Å². The van der Waals surface area contributed by atoms with Gasteiger partial charge in [-0.25, -0.2) is 0 Å². The molecule has 0 nitrogen and oxygen atoms in total. The molecule has 0 aromatic carbocycles. The van der Waals surface area contributed by atoms with Gasteiger partial charge in [-0.3, -0.25) is 0 Å². The van der Waals surface area contributed by atoms with E-state index in [4.69, 9.17) is 0 Å². The summed E-state index contributed by atoms with van der Waals surface area (Å²) in [4.78, 5) is 0. The van der Waals surface area contributed by atoms with Crippen LogP contribution in [-0.2, 0) is 18.2 Å². The molecule has 42 valence electrons. The van der Waals surface area contributed by atoms with E-state index in [2.05, 4.69) is 27.7 Å². The second kappa shape index (κ2) is 6.43. The molecule has 1 aliphatic rings. The number of hydrogen-bond donors (Lipinski definition) is 0. The van der Waals surface area contributed by atoms with Gasteiger partial charge in [-0.15, -0.1) is 0 Å². The summed E-state index contributed by atoms with van der Waals surface area (Å²) in [5.74, 6) is 0. The van der Waals surface area contributed by atoms with E-state index in [-0.39, 0.29) is 0 Å². The minimum atomic E-state index is 2.00. The number of allylic oxidation sites excluding steroid dienone is 4. The van der Waals surface area contributed by atoms with Crippen LogP contribution >= 0.6 is 9.53 Å². The van der Waals surface area contributed by atoms with E-state index in [0.717, 1.165) is 0 Å². The number of hydrogen-bond acceptors (Lipinski definition) is 0. The Hall–Kier alpha value is 0.432. The van der Waals surface area contributed by atoms with E-state index in [1.54, 1.807) is 0 Å². The molecule has 0 unspecified atom stereocenters. The van der Waals surface area contributed by atoms with Crippen LogP contribution in [0.4, 0.5) is 0 Å². The van der Waals surface area contributed by atoms with Crippen molar-refractivity contribution in [1.82, 2.24) is 0 Å². The Balaban J connectivity index is 0.000000162. The van der Waals surface area contributed by atoms with Gasteiger partial charge in [0.2, 0.25) is 0 Å². The third-order valence-corrected chi connectivity index (χ3v) is 0.556. The molecule has 0 atom stereocenters. The van der Waals surface area contributed by atoms with Gasteiger partial charge in [-0.2, -0.15) is 0 Å². The van der Waals surface area contributed by atoms with E-state index in [1.165, 1.54) is 0 Å². The molecule has 0 N–H and O–H groups in total. The van der Waals surface area contributed by atoms with Crippen LogP contribution in [0.1, 0.15) is 0 Å². The SMILES string of the molecule is [CH]1C=CC=C1.[Cl][Pd]. The van der Waals surface area contributed by atoms with Gasteiger partial charge in [0.1, 0.15) is 0 Å². The average molecular weight is 207 g/mol. The molecular formula is C5H5ClPd. The zero-order chi connectivity index (χ0) is 5.54. The molecule has 0 aliphatic heterocycles. The van der Waals surface area contributed by atoms with E-state index in [9.17, 15) is 0 Å². The fourth-order valence-electron chi connectivity index (χ4n) is 0.321. The van der Waals surface area contributed by atoms with Crippen molar-refractivity contribution >= 4 is 9.53 Å². The van der Waals surface area contributed by atoms with Crippen LogP contribution in [0, 0.1) is 6.42 Å². The fourth-order valence-corrected chi connectivity index (χ4v) is 0.321. The van der Waals surface area contributed by atoms with Gasteiger partial charge in [0.05, 0.1) is 0 Å². The molecular weight excluding hydrogens is 202 g/mol. The summed E-state index contributed by atoms with van der Waals surface area (Å²) >= 11 is 2.22. The van der Waals surface area contributed by atoms with Gasteiger partial charge in [-0.05, 0) is 0 Å². The average Bonchev–Trinajstić information content (AvgIpc) is 2.23. The molecule has 0 saturated heterocycles. The summed E-state index contributed by atoms with van der Waals surface area (Å²) < 4.78 is 0. The molecule has 7 heavy (non-hydrogen) atoms. The van der Waals surface area contributed by atoms with Crippen molar-refractivity contribution in [2.75, 3.05) is 0 Å². The first-order valence-electron chi connectivity index (χ1n) is 1.79. The first kappa shape index (κ1) is 7.43. The summed E-state index contributed by atoms with van der Waals surface area (Å²) in [6, 6.07) is 0. The van der Waals surface area contributed by atoms with Crippen molar-refractivity contribution in [2.24, 2.45) is 0 Å². The molecule has 1 radical (unpaired) electrons. The molecule has 0 saturated carbocycles. The van der Waals surface area contributed by atoms with Crippen molar-refractivity contribution in [3.63, 3.8) is 0 Å². The molecule has 0 aromatic heterocycles. The third-order valence-electron chi connectivity index (χ3n) is 0.556. The normalized spacial score (nSPS) is 13.6. The maximum atomic E-state index is 4.49. The van der Waals surface area contributed by atoms with Gasteiger partial charge < -0.3 is 0 Å². The van der Waals surface area contributed by atoms with Gasteiger partial charge in [-0.1, -0.05) is 24.3 Å². The topological polar surface area (TPSA) is 0 Å². The first-order valence-corrected chi connectivity index (χ1v) is 3.79. The summed E-state index contributed by atoms with van der Waals surface area (Å²) in [6.07, 6.45) is 10.0. The maximum absolute atomic E-state index is 4.49. The number of rotatable bonds is 0. The van der Waals surface area contributed by atoms with Crippen LogP contribution in [0.5, 0.6) is 0 Å². The Labute approximate surface area is 58.6 Å². The molecule has 0 spiro atoms. The van der Waals surface area contributed by atoms with E-state index in [1.807, 2.05) is 30.7 Å². The predicted molar refractivity (Wildman–Crippen MR) is 28.4 cm³/mol. The van der Waals surface area contributed by atoms with Gasteiger partial charge in [0, 0.05) is 6.42 Å². The van der Waals surface area contributed by atoms with E-state index < -0.39 is 0 Å². The molecule has 0 fully saturated rings. The van der Waals surface area contributed by atoms with Gasteiger partial charge in [0.15, 0.2) is 0 Å². The Morgan fingerprint density at radius 1 is 0.857 bits per heavy atom. The second-order valence-corrected chi connectivity index (χ2v) is 0.962. The van der Waals surface area contributed by atoms with Crippen molar-refractivity contribution in [3.05, 3.63) is 30.7 Å². The molecule has 0 amide bonds. The Morgan fingerprint density at radius 3 is 1.43 bits per heavy atom. The van der Waals surface area contributed by atoms with Crippen LogP contribution < -0.4 is 0 Å². The zero-order valence-electron chi connectivity index (χ0n) is 3.58. The molecule has 0 bridgehead atoms. The fraction of sp³-hybridized carbons (Fsp3) is 0. The van der Waals surface area contributed by atoms with Crippen LogP contribution in [0.15, 0.2) is 24.3 Å².